The Morgan fingerprint density at radius 1 is 0.944 bits per heavy atom. The summed E-state index contributed by atoms with van der Waals surface area (Å²) in [6.07, 6.45) is 0.917. The first kappa shape index (κ1) is 16.4. The molecule has 0 unspecified atom stereocenters. The number of hydrogen-bond donors (Lipinski definition) is 0. The standard InChI is InChI=1S/C11H10.C4H8O.C2H6/c1-9-5-4-7-10-6-2-3-8-11(9)10;1-4(2)3-5;1-2/h2-8H,1H3;3-4H,1-2H3;1-2H3. The quantitative estimate of drug-likeness (QED) is 0.644. The van der Waals surface area contributed by atoms with Gasteiger partial charge in [-0.2, -0.15) is 0 Å². The monoisotopic (exact) mass is 244 g/mol. The third-order valence-corrected chi connectivity index (χ3v) is 2.28. The van der Waals surface area contributed by atoms with Gasteiger partial charge in [-0.3, -0.25) is 0 Å². The van der Waals surface area contributed by atoms with Crippen molar-refractivity contribution in [2.45, 2.75) is 34.6 Å². The molecule has 2 aromatic rings. The molecule has 0 aromatic heterocycles. The van der Waals surface area contributed by atoms with Crippen molar-refractivity contribution in [1.29, 1.82) is 0 Å². The van der Waals surface area contributed by atoms with E-state index in [0.717, 1.165) is 6.29 Å². The molecule has 0 saturated carbocycles. The van der Waals surface area contributed by atoms with Crippen molar-refractivity contribution in [3.05, 3.63) is 48.0 Å². The van der Waals surface area contributed by atoms with Gasteiger partial charge in [-0.05, 0) is 23.3 Å². The van der Waals surface area contributed by atoms with Gasteiger partial charge in [0.05, 0.1) is 0 Å². The summed E-state index contributed by atoms with van der Waals surface area (Å²) in [6, 6.07) is 14.8. The van der Waals surface area contributed by atoms with Gasteiger partial charge in [-0.1, -0.05) is 70.2 Å². The molecule has 0 aliphatic heterocycles. The fourth-order valence-corrected chi connectivity index (χ4v) is 1.39. The topological polar surface area (TPSA) is 17.1 Å². The molecule has 0 N–H and O–H groups in total. The number of aldehydes is 1. The Bertz CT molecular complexity index is 453. The molecule has 98 valence electrons. The normalized spacial score (nSPS) is 9.00. The number of benzene rings is 2. The summed E-state index contributed by atoms with van der Waals surface area (Å²) in [5.74, 6) is 0.204. The zero-order chi connectivity index (χ0) is 14.0. The summed E-state index contributed by atoms with van der Waals surface area (Å²) in [6.45, 7) is 9.85. The molecular weight excluding hydrogens is 220 g/mol. The van der Waals surface area contributed by atoms with E-state index in [2.05, 4.69) is 49.4 Å². The van der Waals surface area contributed by atoms with Crippen LogP contribution in [0.25, 0.3) is 10.8 Å². The maximum Gasteiger partial charge on any atom is 0.122 e. The fraction of sp³-hybridized carbons (Fsp3) is 0.353. The van der Waals surface area contributed by atoms with Crippen molar-refractivity contribution in [3.8, 4) is 0 Å². The second kappa shape index (κ2) is 9.41. The van der Waals surface area contributed by atoms with E-state index in [1.807, 2.05) is 27.7 Å². The Kier molecular flexibility index (Phi) is 8.55. The fourth-order valence-electron chi connectivity index (χ4n) is 1.39. The Morgan fingerprint density at radius 3 is 1.94 bits per heavy atom. The molecule has 2 rings (SSSR count). The highest BCUT2D eigenvalue weighted by Gasteiger charge is 1.92. The number of carbonyl (C=O) groups excluding carboxylic acids is 1. The number of rotatable bonds is 1. The Balaban J connectivity index is 0.000000354. The second-order valence-corrected chi connectivity index (χ2v) is 4.18. The van der Waals surface area contributed by atoms with Gasteiger partial charge >= 0.3 is 0 Å². The van der Waals surface area contributed by atoms with E-state index in [9.17, 15) is 4.79 Å². The zero-order valence-corrected chi connectivity index (χ0v) is 12.1. The van der Waals surface area contributed by atoms with Gasteiger partial charge in [0.1, 0.15) is 6.29 Å². The average Bonchev–Trinajstić information content (AvgIpc) is 2.42. The van der Waals surface area contributed by atoms with Crippen LogP contribution in [0.15, 0.2) is 42.5 Å². The maximum absolute atomic E-state index is 9.50. The predicted molar refractivity (Wildman–Crippen MR) is 80.9 cm³/mol. The van der Waals surface area contributed by atoms with Crippen molar-refractivity contribution in [1.82, 2.24) is 0 Å². The molecule has 0 aliphatic carbocycles. The highest BCUT2D eigenvalue weighted by molar-refractivity contribution is 5.85. The van der Waals surface area contributed by atoms with Crippen LogP contribution in [-0.2, 0) is 4.79 Å². The van der Waals surface area contributed by atoms with E-state index in [0.29, 0.717) is 0 Å². The molecule has 0 heterocycles. The van der Waals surface area contributed by atoms with Crippen molar-refractivity contribution >= 4 is 17.1 Å². The summed E-state index contributed by atoms with van der Waals surface area (Å²) >= 11 is 0. The van der Waals surface area contributed by atoms with Gasteiger partial charge in [-0.15, -0.1) is 0 Å². The summed E-state index contributed by atoms with van der Waals surface area (Å²) in [7, 11) is 0. The number of carbonyl (C=O) groups is 1. The van der Waals surface area contributed by atoms with Gasteiger partial charge < -0.3 is 4.79 Å². The summed E-state index contributed by atoms with van der Waals surface area (Å²) in [4.78, 5) is 9.50. The lowest BCUT2D eigenvalue weighted by atomic mass is 10.1. The molecule has 0 atom stereocenters. The van der Waals surface area contributed by atoms with Crippen molar-refractivity contribution in [3.63, 3.8) is 0 Å². The maximum atomic E-state index is 9.50. The molecular formula is C17H24O. The minimum absolute atomic E-state index is 0.204. The molecule has 1 heteroatoms. The van der Waals surface area contributed by atoms with Crippen LogP contribution in [0.5, 0.6) is 0 Å². The van der Waals surface area contributed by atoms with E-state index in [-0.39, 0.29) is 5.92 Å². The van der Waals surface area contributed by atoms with Crippen LogP contribution in [0.3, 0.4) is 0 Å². The SMILES string of the molecule is CC.CC(C)C=O.Cc1cccc2ccccc12. The third kappa shape index (κ3) is 5.62. The van der Waals surface area contributed by atoms with Crippen LogP contribution < -0.4 is 0 Å². The van der Waals surface area contributed by atoms with E-state index >= 15 is 0 Å². The van der Waals surface area contributed by atoms with Crippen LogP contribution in [-0.4, -0.2) is 6.29 Å². The highest BCUT2D eigenvalue weighted by Crippen LogP contribution is 2.16. The van der Waals surface area contributed by atoms with E-state index in [4.69, 9.17) is 0 Å². The minimum Gasteiger partial charge on any atom is -0.303 e. The molecule has 0 fully saturated rings. The Labute approximate surface area is 111 Å². The molecule has 0 saturated heterocycles. The number of hydrogen-bond acceptors (Lipinski definition) is 1. The number of aryl methyl sites for hydroxylation is 1. The summed E-state index contributed by atoms with van der Waals surface area (Å²) in [5, 5.41) is 2.68. The van der Waals surface area contributed by atoms with Gasteiger partial charge in [0.15, 0.2) is 0 Å². The minimum atomic E-state index is 0.204. The van der Waals surface area contributed by atoms with Crippen LogP contribution in [0.4, 0.5) is 0 Å². The lowest BCUT2D eigenvalue weighted by molar-refractivity contribution is -0.110. The van der Waals surface area contributed by atoms with Crippen LogP contribution >= 0.6 is 0 Å². The Morgan fingerprint density at radius 2 is 1.44 bits per heavy atom. The average molecular weight is 244 g/mol. The van der Waals surface area contributed by atoms with Gasteiger partial charge in [0.25, 0.3) is 0 Å². The Hall–Kier alpha value is -1.63. The first-order chi connectivity index (χ1) is 8.65. The van der Waals surface area contributed by atoms with Gasteiger partial charge in [-0.25, -0.2) is 0 Å². The van der Waals surface area contributed by atoms with Crippen LogP contribution in [0.2, 0.25) is 0 Å². The molecule has 0 amide bonds. The zero-order valence-electron chi connectivity index (χ0n) is 12.1. The van der Waals surface area contributed by atoms with Gasteiger partial charge in [0.2, 0.25) is 0 Å². The molecule has 0 spiro atoms. The largest absolute Gasteiger partial charge is 0.303 e. The lowest BCUT2D eigenvalue weighted by Gasteiger charge is -1.98. The first-order valence-electron chi connectivity index (χ1n) is 6.55. The third-order valence-electron chi connectivity index (χ3n) is 2.28. The van der Waals surface area contributed by atoms with Crippen molar-refractivity contribution < 1.29 is 4.79 Å². The summed E-state index contributed by atoms with van der Waals surface area (Å²) < 4.78 is 0. The predicted octanol–water partition coefficient (Wildman–Crippen LogP) is 5.02. The smallest absolute Gasteiger partial charge is 0.122 e. The molecule has 2 aromatic carbocycles. The van der Waals surface area contributed by atoms with Crippen molar-refractivity contribution in [2.75, 3.05) is 0 Å². The van der Waals surface area contributed by atoms with E-state index < -0.39 is 0 Å². The molecule has 18 heavy (non-hydrogen) atoms. The van der Waals surface area contributed by atoms with Crippen LogP contribution in [0.1, 0.15) is 33.3 Å². The summed E-state index contributed by atoms with van der Waals surface area (Å²) in [5.41, 5.74) is 1.35. The van der Waals surface area contributed by atoms with Crippen molar-refractivity contribution in [2.24, 2.45) is 5.92 Å². The van der Waals surface area contributed by atoms with E-state index in [1.54, 1.807) is 0 Å². The highest BCUT2D eigenvalue weighted by atomic mass is 16.1. The number of fused-ring (bicyclic) bond motifs is 1. The second-order valence-electron chi connectivity index (χ2n) is 4.18. The lowest BCUT2D eigenvalue weighted by Crippen LogP contribution is -1.82. The first-order valence-corrected chi connectivity index (χ1v) is 6.55. The van der Waals surface area contributed by atoms with E-state index in [1.165, 1.54) is 16.3 Å². The molecule has 1 nitrogen and oxygen atoms in total. The van der Waals surface area contributed by atoms with Gasteiger partial charge in [0, 0.05) is 5.92 Å². The molecule has 0 radical (unpaired) electrons. The molecule has 0 aliphatic rings. The van der Waals surface area contributed by atoms with Crippen LogP contribution in [0, 0.1) is 12.8 Å². The molecule has 0 bridgehead atoms.